The smallest absolute Gasteiger partial charge is 0.0459 e. The molecule has 3 nitrogen and oxygen atoms in total. The van der Waals surface area contributed by atoms with Crippen LogP contribution in [0.3, 0.4) is 0 Å². The number of H-pyrrole nitrogens is 1. The minimum atomic E-state index is 0.998. The van der Waals surface area contributed by atoms with Gasteiger partial charge in [0.25, 0.3) is 0 Å². The Kier molecular flexibility index (Phi) is 3.58. The van der Waals surface area contributed by atoms with Crippen LogP contribution in [0.1, 0.15) is 24.1 Å². The van der Waals surface area contributed by atoms with Gasteiger partial charge >= 0.3 is 0 Å². The second-order valence-corrected chi connectivity index (χ2v) is 5.89. The molecule has 0 radical (unpaired) electrons. The van der Waals surface area contributed by atoms with E-state index >= 15 is 0 Å². The highest BCUT2D eigenvalue weighted by molar-refractivity contribution is 5.83. The molecule has 1 saturated heterocycles. The number of aromatic amines is 1. The normalized spacial score (nSPS) is 16.8. The molecule has 19 heavy (non-hydrogen) atoms. The van der Waals surface area contributed by atoms with Crippen LogP contribution >= 0.6 is 0 Å². The minimum Gasteiger partial charge on any atom is -0.357 e. The molecule has 102 valence electrons. The largest absolute Gasteiger partial charge is 0.357 e. The minimum absolute atomic E-state index is 0.998. The molecule has 3 heteroatoms. The number of hydrogen-bond donors (Lipinski definition) is 1. The van der Waals surface area contributed by atoms with Gasteiger partial charge in [-0.1, -0.05) is 12.1 Å². The number of nitrogens with zero attached hydrogens (tertiary/aromatic N) is 2. The number of benzene rings is 1. The van der Waals surface area contributed by atoms with E-state index in [0.29, 0.717) is 0 Å². The van der Waals surface area contributed by atoms with E-state index in [4.69, 9.17) is 0 Å². The van der Waals surface area contributed by atoms with Gasteiger partial charge in [0.15, 0.2) is 0 Å². The Bertz CT molecular complexity index is 550. The van der Waals surface area contributed by atoms with Gasteiger partial charge in [-0.2, -0.15) is 0 Å². The van der Waals surface area contributed by atoms with Crippen molar-refractivity contribution >= 4 is 10.9 Å². The average Bonchev–Trinajstić information content (AvgIpc) is 2.98. The van der Waals surface area contributed by atoms with Gasteiger partial charge in [-0.25, -0.2) is 0 Å². The lowest BCUT2D eigenvalue weighted by molar-refractivity contribution is 0.328. The van der Waals surface area contributed by atoms with Crippen molar-refractivity contribution in [3.05, 3.63) is 35.5 Å². The molecule has 1 aliphatic heterocycles. The monoisotopic (exact) mass is 257 g/mol. The van der Waals surface area contributed by atoms with Gasteiger partial charge in [-0.3, -0.25) is 4.90 Å². The summed E-state index contributed by atoms with van der Waals surface area (Å²) < 4.78 is 0. The van der Waals surface area contributed by atoms with Crippen molar-refractivity contribution in [2.24, 2.45) is 0 Å². The number of rotatable bonds is 4. The first kappa shape index (κ1) is 12.7. The van der Waals surface area contributed by atoms with Crippen molar-refractivity contribution < 1.29 is 0 Å². The SMILES string of the molecule is CN(C)Cc1cccc2[nH]c(CN3CCCC3)cc12. The third-order valence-electron chi connectivity index (χ3n) is 3.89. The molecule has 0 atom stereocenters. The Hall–Kier alpha value is -1.32. The van der Waals surface area contributed by atoms with Crippen LogP contribution in [0.25, 0.3) is 10.9 Å². The van der Waals surface area contributed by atoms with Crippen LogP contribution in [0.2, 0.25) is 0 Å². The highest BCUT2D eigenvalue weighted by Gasteiger charge is 2.13. The highest BCUT2D eigenvalue weighted by atomic mass is 15.1. The number of fused-ring (bicyclic) bond motifs is 1. The van der Waals surface area contributed by atoms with Gasteiger partial charge < -0.3 is 9.88 Å². The summed E-state index contributed by atoms with van der Waals surface area (Å²) in [7, 11) is 4.24. The highest BCUT2D eigenvalue weighted by Crippen LogP contribution is 2.22. The summed E-state index contributed by atoms with van der Waals surface area (Å²) in [5, 5.41) is 1.38. The Morgan fingerprint density at radius 3 is 2.74 bits per heavy atom. The van der Waals surface area contributed by atoms with Gasteiger partial charge in [0.1, 0.15) is 0 Å². The van der Waals surface area contributed by atoms with E-state index in [0.717, 1.165) is 13.1 Å². The molecule has 3 rings (SSSR count). The van der Waals surface area contributed by atoms with Crippen LogP contribution in [-0.2, 0) is 13.1 Å². The number of aromatic nitrogens is 1. The van der Waals surface area contributed by atoms with Crippen LogP contribution < -0.4 is 0 Å². The molecule has 1 aliphatic rings. The maximum atomic E-state index is 3.58. The van der Waals surface area contributed by atoms with Crippen LogP contribution in [0.4, 0.5) is 0 Å². The van der Waals surface area contributed by atoms with Crippen LogP contribution in [-0.4, -0.2) is 42.0 Å². The number of nitrogens with one attached hydrogen (secondary N) is 1. The number of hydrogen-bond acceptors (Lipinski definition) is 2. The molecule has 0 saturated carbocycles. The zero-order valence-electron chi connectivity index (χ0n) is 11.9. The van der Waals surface area contributed by atoms with Gasteiger partial charge in [0.2, 0.25) is 0 Å². The van der Waals surface area contributed by atoms with E-state index < -0.39 is 0 Å². The lowest BCUT2D eigenvalue weighted by atomic mass is 10.1. The van der Waals surface area contributed by atoms with Crippen molar-refractivity contribution in [1.82, 2.24) is 14.8 Å². The zero-order valence-corrected chi connectivity index (χ0v) is 11.9. The fourth-order valence-corrected chi connectivity index (χ4v) is 3.02. The van der Waals surface area contributed by atoms with Gasteiger partial charge in [0, 0.05) is 29.7 Å². The molecule has 1 N–H and O–H groups in total. The van der Waals surface area contributed by atoms with Crippen molar-refractivity contribution in [1.29, 1.82) is 0 Å². The van der Waals surface area contributed by atoms with Crippen LogP contribution in [0.15, 0.2) is 24.3 Å². The Morgan fingerprint density at radius 1 is 1.21 bits per heavy atom. The summed E-state index contributed by atoms with van der Waals surface area (Å²) in [6.07, 6.45) is 2.71. The molecule has 0 bridgehead atoms. The molecule has 2 aromatic rings. The quantitative estimate of drug-likeness (QED) is 0.910. The molecule has 0 aliphatic carbocycles. The van der Waals surface area contributed by atoms with Crippen LogP contribution in [0.5, 0.6) is 0 Å². The first-order chi connectivity index (χ1) is 9.22. The van der Waals surface area contributed by atoms with Gasteiger partial charge in [-0.05, 0) is 57.7 Å². The summed E-state index contributed by atoms with van der Waals surface area (Å²) in [6.45, 7) is 4.56. The second kappa shape index (κ2) is 5.35. The zero-order chi connectivity index (χ0) is 13.2. The van der Waals surface area contributed by atoms with Gasteiger partial charge in [-0.15, -0.1) is 0 Å². The topological polar surface area (TPSA) is 22.3 Å². The molecule has 1 aromatic carbocycles. The summed E-state index contributed by atoms with van der Waals surface area (Å²) >= 11 is 0. The van der Waals surface area contributed by atoms with Crippen LogP contribution in [0, 0.1) is 0 Å². The molecule has 1 aromatic heterocycles. The van der Waals surface area contributed by atoms with E-state index in [9.17, 15) is 0 Å². The van der Waals surface area contributed by atoms with Crippen molar-refractivity contribution in [3.8, 4) is 0 Å². The van der Waals surface area contributed by atoms with Crippen molar-refractivity contribution in [3.63, 3.8) is 0 Å². The number of likely N-dealkylation sites (tertiary alicyclic amines) is 1. The second-order valence-electron chi connectivity index (χ2n) is 5.89. The first-order valence-corrected chi connectivity index (χ1v) is 7.19. The van der Waals surface area contributed by atoms with E-state index in [1.807, 2.05) is 0 Å². The van der Waals surface area contributed by atoms with E-state index in [1.54, 1.807) is 0 Å². The summed E-state index contributed by atoms with van der Waals surface area (Å²) in [4.78, 5) is 8.34. The summed E-state index contributed by atoms with van der Waals surface area (Å²) in [6, 6.07) is 8.90. The lowest BCUT2D eigenvalue weighted by Crippen LogP contribution is -2.18. The predicted molar refractivity (Wildman–Crippen MR) is 80.2 cm³/mol. The molecule has 0 spiro atoms. The molecule has 1 fully saturated rings. The van der Waals surface area contributed by atoms with E-state index in [2.05, 4.69) is 53.1 Å². The maximum Gasteiger partial charge on any atom is 0.0459 e. The fourth-order valence-electron chi connectivity index (χ4n) is 3.02. The Balaban J connectivity index is 1.86. The third-order valence-corrected chi connectivity index (χ3v) is 3.89. The molecular formula is C16H23N3. The van der Waals surface area contributed by atoms with Gasteiger partial charge in [0.05, 0.1) is 0 Å². The fraction of sp³-hybridized carbons (Fsp3) is 0.500. The maximum absolute atomic E-state index is 3.58. The Labute approximate surface area is 115 Å². The third kappa shape index (κ3) is 2.82. The molecular weight excluding hydrogens is 234 g/mol. The predicted octanol–water partition coefficient (Wildman–Crippen LogP) is 2.83. The summed E-state index contributed by atoms with van der Waals surface area (Å²) in [5.41, 5.74) is 4.03. The molecule has 0 amide bonds. The van der Waals surface area contributed by atoms with E-state index in [1.165, 1.54) is 48.1 Å². The average molecular weight is 257 g/mol. The standard InChI is InChI=1S/C16H23N3/c1-18(2)11-13-6-5-7-16-15(13)10-14(17-16)12-19-8-3-4-9-19/h5-7,10,17H,3-4,8-9,11-12H2,1-2H3. The molecule has 2 heterocycles. The van der Waals surface area contributed by atoms with Crippen molar-refractivity contribution in [2.75, 3.05) is 27.2 Å². The van der Waals surface area contributed by atoms with E-state index in [-0.39, 0.29) is 0 Å². The van der Waals surface area contributed by atoms with Crippen molar-refractivity contribution in [2.45, 2.75) is 25.9 Å². The lowest BCUT2D eigenvalue weighted by Gasteiger charge is -2.12. The molecule has 0 unspecified atom stereocenters. The summed E-state index contributed by atoms with van der Waals surface area (Å²) in [5.74, 6) is 0. The Morgan fingerprint density at radius 2 is 2.00 bits per heavy atom. The first-order valence-electron chi connectivity index (χ1n) is 7.19.